The molecule has 1 atom stereocenters. The highest BCUT2D eigenvalue weighted by molar-refractivity contribution is 6.04. The molecular weight excluding hydrogens is 448 g/mol. The first kappa shape index (κ1) is 25.2. The molecule has 2 aromatic carbocycles. The Morgan fingerprint density at radius 3 is 2.31 bits per heavy atom. The van der Waals surface area contributed by atoms with Crippen molar-refractivity contribution in [1.29, 1.82) is 0 Å². The van der Waals surface area contributed by atoms with Crippen LogP contribution < -0.4 is 18.9 Å². The maximum atomic E-state index is 13.0. The SMILES string of the molecule is C=CC(=O)Oc1ccc(/C=C2\CCC(/C=C/c3ccc(OC(=O)C=C)c(OC)c3)C2=O)c(OC)c1. The average molecular weight is 475 g/mol. The van der Waals surface area contributed by atoms with Crippen LogP contribution >= 0.6 is 0 Å². The molecule has 7 nitrogen and oxygen atoms in total. The van der Waals surface area contributed by atoms with E-state index in [0.717, 1.165) is 17.7 Å². The van der Waals surface area contributed by atoms with E-state index >= 15 is 0 Å². The lowest BCUT2D eigenvalue weighted by Gasteiger charge is -2.09. The summed E-state index contributed by atoms with van der Waals surface area (Å²) in [5, 5.41) is 0. The lowest BCUT2D eigenvalue weighted by atomic mass is 10.0. The molecule has 1 aliphatic carbocycles. The van der Waals surface area contributed by atoms with E-state index in [0.29, 0.717) is 41.2 Å². The minimum Gasteiger partial charge on any atom is -0.496 e. The first-order valence-corrected chi connectivity index (χ1v) is 10.9. The van der Waals surface area contributed by atoms with Crippen molar-refractivity contribution in [1.82, 2.24) is 0 Å². The van der Waals surface area contributed by atoms with Gasteiger partial charge in [0.25, 0.3) is 0 Å². The summed E-state index contributed by atoms with van der Waals surface area (Å²) >= 11 is 0. The minimum atomic E-state index is -0.577. The van der Waals surface area contributed by atoms with Gasteiger partial charge < -0.3 is 18.9 Å². The number of carbonyl (C=O) groups is 3. The molecule has 0 saturated heterocycles. The Bertz CT molecular complexity index is 1220. The van der Waals surface area contributed by atoms with Gasteiger partial charge in [-0.05, 0) is 54.3 Å². The highest BCUT2D eigenvalue weighted by Gasteiger charge is 2.27. The number of esters is 2. The van der Waals surface area contributed by atoms with Crippen LogP contribution in [-0.2, 0) is 14.4 Å². The standard InChI is InChI=1S/C28H26O7/c1-5-26(29)34-22-13-12-20(24(17-22)32-3)16-21-11-10-19(28(21)31)9-7-18-8-14-23(25(15-18)33-4)35-27(30)6-2/h5-9,12-17,19H,1-2,10-11H2,3-4H3/b9-7+,21-16+. The number of ether oxygens (including phenoxy) is 4. The molecule has 0 bridgehead atoms. The zero-order valence-corrected chi connectivity index (χ0v) is 19.6. The number of carbonyl (C=O) groups excluding carboxylic acids is 3. The Balaban J connectivity index is 1.74. The minimum absolute atomic E-state index is 0.0361. The molecular formula is C28H26O7. The van der Waals surface area contributed by atoms with Crippen molar-refractivity contribution in [3.8, 4) is 23.0 Å². The second kappa shape index (κ2) is 11.7. The number of allylic oxidation sites excluding steroid dienone is 2. The van der Waals surface area contributed by atoms with Gasteiger partial charge in [-0.3, -0.25) is 4.79 Å². The van der Waals surface area contributed by atoms with Gasteiger partial charge in [0.1, 0.15) is 11.5 Å². The third-order valence-electron chi connectivity index (χ3n) is 5.38. The van der Waals surface area contributed by atoms with E-state index in [4.69, 9.17) is 18.9 Å². The van der Waals surface area contributed by atoms with Crippen LogP contribution in [0.15, 0.2) is 73.4 Å². The maximum absolute atomic E-state index is 13.0. The van der Waals surface area contributed by atoms with Crippen molar-refractivity contribution in [2.75, 3.05) is 14.2 Å². The third kappa shape index (κ3) is 6.35. The van der Waals surface area contributed by atoms with Crippen LogP contribution in [0, 0.1) is 5.92 Å². The van der Waals surface area contributed by atoms with Crippen molar-refractivity contribution < 1.29 is 33.3 Å². The van der Waals surface area contributed by atoms with E-state index in [1.807, 2.05) is 12.2 Å². The third-order valence-corrected chi connectivity index (χ3v) is 5.38. The molecule has 1 unspecified atom stereocenters. The van der Waals surface area contributed by atoms with E-state index in [1.165, 1.54) is 14.2 Å². The van der Waals surface area contributed by atoms with E-state index in [9.17, 15) is 14.4 Å². The summed E-state index contributed by atoms with van der Waals surface area (Å²) in [6.45, 7) is 6.75. The molecule has 2 aromatic rings. The summed E-state index contributed by atoms with van der Waals surface area (Å²) in [6, 6.07) is 10.1. The fourth-order valence-corrected chi connectivity index (χ4v) is 3.60. The quantitative estimate of drug-likeness (QED) is 0.288. The van der Waals surface area contributed by atoms with Gasteiger partial charge in [0, 0.05) is 29.7 Å². The van der Waals surface area contributed by atoms with Gasteiger partial charge in [-0.15, -0.1) is 0 Å². The second-order valence-electron chi connectivity index (χ2n) is 7.60. The van der Waals surface area contributed by atoms with Crippen molar-refractivity contribution in [3.05, 3.63) is 84.5 Å². The van der Waals surface area contributed by atoms with Crippen molar-refractivity contribution in [2.45, 2.75) is 12.8 Å². The molecule has 35 heavy (non-hydrogen) atoms. The lowest BCUT2D eigenvalue weighted by molar-refractivity contribution is -0.129. The van der Waals surface area contributed by atoms with Crippen LogP contribution in [0.25, 0.3) is 12.2 Å². The Morgan fingerprint density at radius 2 is 1.63 bits per heavy atom. The van der Waals surface area contributed by atoms with Crippen molar-refractivity contribution in [2.24, 2.45) is 5.92 Å². The van der Waals surface area contributed by atoms with Gasteiger partial charge in [-0.2, -0.15) is 0 Å². The molecule has 0 N–H and O–H groups in total. The van der Waals surface area contributed by atoms with Crippen LogP contribution in [-0.4, -0.2) is 31.9 Å². The van der Waals surface area contributed by atoms with Gasteiger partial charge in [0.05, 0.1) is 14.2 Å². The summed E-state index contributed by atoms with van der Waals surface area (Å²) in [5.74, 6) is 0.135. The molecule has 1 aliphatic rings. The highest BCUT2D eigenvalue weighted by atomic mass is 16.6. The van der Waals surface area contributed by atoms with Crippen LogP contribution in [0.3, 0.4) is 0 Å². The number of rotatable bonds is 9. The normalized spacial score (nSPS) is 16.2. The molecule has 0 radical (unpaired) electrons. The van der Waals surface area contributed by atoms with Crippen LogP contribution in [0.4, 0.5) is 0 Å². The van der Waals surface area contributed by atoms with Crippen molar-refractivity contribution in [3.63, 3.8) is 0 Å². The molecule has 0 heterocycles. The molecule has 0 spiro atoms. The van der Waals surface area contributed by atoms with Crippen LogP contribution in [0.2, 0.25) is 0 Å². The van der Waals surface area contributed by atoms with Gasteiger partial charge in [-0.25, -0.2) is 9.59 Å². The van der Waals surface area contributed by atoms with Gasteiger partial charge in [-0.1, -0.05) is 31.4 Å². The molecule has 1 saturated carbocycles. The summed E-state index contributed by atoms with van der Waals surface area (Å²) in [7, 11) is 2.99. The Kier molecular flexibility index (Phi) is 8.40. The first-order chi connectivity index (χ1) is 16.9. The van der Waals surface area contributed by atoms with Crippen LogP contribution in [0.1, 0.15) is 24.0 Å². The topological polar surface area (TPSA) is 88.1 Å². The first-order valence-electron chi connectivity index (χ1n) is 10.9. The predicted octanol–water partition coefficient (Wildman–Crippen LogP) is 4.96. The Labute approximate surface area is 204 Å². The fraction of sp³-hybridized carbons (Fsp3) is 0.179. The molecule has 7 heteroatoms. The monoisotopic (exact) mass is 474 g/mol. The molecule has 0 amide bonds. The number of hydrogen-bond acceptors (Lipinski definition) is 7. The fourth-order valence-electron chi connectivity index (χ4n) is 3.60. The number of methoxy groups -OCH3 is 2. The van der Waals surface area contributed by atoms with E-state index in [-0.39, 0.29) is 17.5 Å². The van der Waals surface area contributed by atoms with E-state index in [2.05, 4.69) is 13.2 Å². The Morgan fingerprint density at radius 1 is 0.914 bits per heavy atom. The maximum Gasteiger partial charge on any atom is 0.335 e. The zero-order chi connectivity index (χ0) is 25.4. The molecule has 0 aliphatic heterocycles. The molecule has 180 valence electrons. The number of Topliss-reactive ketones (excluding diaryl/α,β-unsaturated/α-hetero) is 1. The second-order valence-corrected chi connectivity index (χ2v) is 7.60. The largest absolute Gasteiger partial charge is 0.496 e. The zero-order valence-electron chi connectivity index (χ0n) is 19.6. The van der Waals surface area contributed by atoms with Gasteiger partial charge >= 0.3 is 11.9 Å². The smallest absolute Gasteiger partial charge is 0.335 e. The molecule has 3 rings (SSSR count). The lowest BCUT2D eigenvalue weighted by Crippen LogP contribution is -2.05. The summed E-state index contributed by atoms with van der Waals surface area (Å²) in [5.41, 5.74) is 2.21. The molecule has 0 aromatic heterocycles. The average Bonchev–Trinajstić information content (AvgIpc) is 3.22. The molecule has 1 fully saturated rings. The van der Waals surface area contributed by atoms with Crippen LogP contribution in [0.5, 0.6) is 23.0 Å². The van der Waals surface area contributed by atoms with E-state index in [1.54, 1.807) is 42.5 Å². The summed E-state index contributed by atoms with van der Waals surface area (Å²) < 4.78 is 21.0. The highest BCUT2D eigenvalue weighted by Crippen LogP contribution is 2.34. The number of benzene rings is 2. The van der Waals surface area contributed by atoms with E-state index < -0.39 is 11.9 Å². The van der Waals surface area contributed by atoms with Gasteiger partial charge in [0.15, 0.2) is 17.3 Å². The number of ketones is 1. The summed E-state index contributed by atoms with van der Waals surface area (Å²) in [4.78, 5) is 35.9. The van der Waals surface area contributed by atoms with Gasteiger partial charge in [0.2, 0.25) is 0 Å². The van der Waals surface area contributed by atoms with Crippen molar-refractivity contribution >= 4 is 29.9 Å². The Hall–Kier alpha value is -4.39. The summed E-state index contributed by atoms with van der Waals surface area (Å²) in [6.07, 6.45) is 8.98. The number of hydrogen-bond donors (Lipinski definition) is 0. The predicted molar refractivity (Wildman–Crippen MR) is 132 cm³/mol.